The number of hydrogen-bond acceptors (Lipinski definition) is 5. The summed E-state index contributed by atoms with van der Waals surface area (Å²) in [7, 11) is -3.66. The fourth-order valence-corrected chi connectivity index (χ4v) is 5.36. The normalized spacial score (nSPS) is 23.9. The summed E-state index contributed by atoms with van der Waals surface area (Å²) in [5.74, 6) is 0.516. The Morgan fingerprint density at radius 1 is 1.24 bits per heavy atom. The monoisotopic (exact) mass is 359 g/mol. The molecule has 0 saturated carbocycles. The molecule has 0 amide bonds. The molecule has 1 fully saturated rings. The van der Waals surface area contributed by atoms with Gasteiger partial charge in [0.25, 0.3) is 0 Å². The lowest BCUT2D eigenvalue weighted by atomic mass is 10.1. The van der Waals surface area contributed by atoms with Gasteiger partial charge in [-0.2, -0.15) is 4.31 Å². The van der Waals surface area contributed by atoms with Crippen molar-refractivity contribution in [3.8, 4) is 5.75 Å². The fourth-order valence-electron chi connectivity index (χ4n) is 3.58. The zero-order valence-electron chi connectivity index (χ0n) is 14.1. The Bertz CT molecular complexity index is 870. The summed E-state index contributed by atoms with van der Waals surface area (Å²) in [6.45, 7) is 3.60. The summed E-state index contributed by atoms with van der Waals surface area (Å²) in [5, 5.41) is 3.29. The molecule has 1 aromatic carbocycles. The van der Waals surface area contributed by atoms with E-state index < -0.39 is 10.0 Å². The van der Waals surface area contributed by atoms with Crippen LogP contribution in [0.1, 0.15) is 24.1 Å². The van der Waals surface area contributed by atoms with Gasteiger partial charge >= 0.3 is 0 Å². The number of fused-ring (bicyclic) bond motifs is 1. The minimum Gasteiger partial charge on any atom is -0.489 e. The Hall–Kier alpha value is -1.96. The molecule has 3 heterocycles. The zero-order chi connectivity index (χ0) is 17.4. The van der Waals surface area contributed by atoms with Gasteiger partial charge in [-0.25, -0.2) is 8.42 Å². The molecule has 0 aliphatic carbocycles. The SMILES string of the molecule is CC1Cc2cccc(S(=O)(=O)N3CCNCC3c3ccncc3)c2O1. The lowest BCUT2D eigenvalue weighted by Crippen LogP contribution is -2.48. The molecule has 1 saturated heterocycles. The first-order valence-electron chi connectivity index (χ1n) is 8.48. The summed E-state index contributed by atoms with van der Waals surface area (Å²) in [6.07, 6.45) is 4.14. The van der Waals surface area contributed by atoms with Crippen LogP contribution in [-0.2, 0) is 16.4 Å². The largest absolute Gasteiger partial charge is 0.489 e. The molecule has 2 unspecified atom stereocenters. The second kappa shape index (κ2) is 6.40. The van der Waals surface area contributed by atoms with Crippen LogP contribution in [0.15, 0.2) is 47.6 Å². The smallest absolute Gasteiger partial charge is 0.247 e. The van der Waals surface area contributed by atoms with Crippen molar-refractivity contribution in [3.63, 3.8) is 0 Å². The Labute approximate surface area is 147 Å². The van der Waals surface area contributed by atoms with E-state index in [9.17, 15) is 8.42 Å². The number of benzene rings is 1. The topological polar surface area (TPSA) is 71.5 Å². The van der Waals surface area contributed by atoms with Crippen molar-refractivity contribution in [1.29, 1.82) is 0 Å². The summed E-state index contributed by atoms with van der Waals surface area (Å²) in [5.41, 5.74) is 1.90. The quantitative estimate of drug-likeness (QED) is 0.904. The summed E-state index contributed by atoms with van der Waals surface area (Å²) < 4.78 is 34.3. The van der Waals surface area contributed by atoms with Gasteiger partial charge in [0.05, 0.1) is 6.04 Å². The van der Waals surface area contributed by atoms with Crippen LogP contribution < -0.4 is 10.1 Å². The molecular weight excluding hydrogens is 338 g/mol. The van der Waals surface area contributed by atoms with Gasteiger partial charge in [-0.1, -0.05) is 12.1 Å². The molecule has 6 nitrogen and oxygen atoms in total. The number of rotatable bonds is 3. The first-order valence-corrected chi connectivity index (χ1v) is 9.92. The Morgan fingerprint density at radius 2 is 2.04 bits per heavy atom. The van der Waals surface area contributed by atoms with Crippen molar-refractivity contribution in [2.24, 2.45) is 0 Å². The molecule has 2 aliphatic rings. The lowest BCUT2D eigenvalue weighted by molar-refractivity contribution is 0.245. The highest BCUT2D eigenvalue weighted by Crippen LogP contribution is 2.38. The minimum absolute atomic E-state index is 0.00497. The van der Waals surface area contributed by atoms with E-state index in [0.717, 1.165) is 17.5 Å². The van der Waals surface area contributed by atoms with Crippen LogP contribution in [0.4, 0.5) is 0 Å². The van der Waals surface area contributed by atoms with Crippen molar-refractivity contribution >= 4 is 10.0 Å². The first kappa shape index (κ1) is 16.5. The average molecular weight is 359 g/mol. The van der Waals surface area contributed by atoms with Crippen LogP contribution >= 0.6 is 0 Å². The number of hydrogen-bond donors (Lipinski definition) is 1. The maximum absolute atomic E-state index is 13.4. The minimum atomic E-state index is -3.66. The third-order valence-electron chi connectivity index (χ3n) is 4.76. The van der Waals surface area contributed by atoms with Gasteiger partial charge in [-0.05, 0) is 36.2 Å². The number of nitrogens with zero attached hydrogens (tertiary/aromatic N) is 2. The van der Waals surface area contributed by atoms with Crippen LogP contribution in [0.2, 0.25) is 0 Å². The van der Waals surface area contributed by atoms with Crippen LogP contribution in [0, 0.1) is 0 Å². The van der Waals surface area contributed by atoms with E-state index in [4.69, 9.17) is 4.74 Å². The summed E-state index contributed by atoms with van der Waals surface area (Å²) >= 11 is 0. The number of sulfonamides is 1. The standard InChI is InChI=1S/C18H21N3O3S/c1-13-11-15-3-2-4-17(18(15)24-13)25(22,23)21-10-9-20-12-16(21)14-5-7-19-8-6-14/h2-8,13,16,20H,9-12H2,1H3. The summed E-state index contributed by atoms with van der Waals surface area (Å²) in [4.78, 5) is 4.31. The van der Waals surface area contributed by atoms with Gasteiger partial charge in [0.2, 0.25) is 10.0 Å². The van der Waals surface area contributed by atoms with E-state index in [-0.39, 0.29) is 17.0 Å². The second-order valence-corrected chi connectivity index (χ2v) is 8.35. The van der Waals surface area contributed by atoms with Crippen molar-refractivity contribution in [2.75, 3.05) is 19.6 Å². The molecule has 2 aliphatic heterocycles. The molecule has 0 spiro atoms. The Morgan fingerprint density at radius 3 is 2.84 bits per heavy atom. The second-order valence-electron chi connectivity index (χ2n) is 6.49. The zero-order valence-corrected chi connectivity index (χ0v) is 14.9. The van der Waals surface area contributed by atoms with E-state index >= 15 is 0 Å². The highest BCUT2D eigenvalue weighted by atomic mass is 32.2. The molecular formula is C18H21N3O3S. The fraction of sp³-hybridized carbons (Fsp3) is 0.389. The predicted molar refractivity (Wildman–Crippen MR) is 94.0 cm³/mol. The molecule has 2 atom stereocenters. The van der Waals surface area contributed by atoms with E-state index in [2.05, 4.69) is 10.3 Å². The third kappa shape index (κ3) is 2.92. The van der Waals surface area contributed by atoms with Crippen molar-refractivity contribution in [3.05, 3.63) is 53.9 Å². The number of pyridine rings is 1. The Kier molecular flexibility index (Phi) is 4.23. The van der Waals surface area contributed by atoms with Crippen LogP contribution in [0.25, 0.3) is 0 Å². The molecule has 4 rings (SSSR count). The Balaban J connectivity index is 1.76. The highest BCUT2D eigenvalue weighted by Gasteiger charge is 2.38. The molecule has 25 heavy (non-hydrogen) atoms. The van der Waals surface area contributed by atoms with Gasteiger partial charge in [-0.15, -0.1) is 0 Å². The number of para-hydroxylation sites is 1. The maximum Gasteiger partial charge on any atom is 0.247 e. The predicted octanol–water partition coefficient (Wildman–Crippen LogP) is 1.74. The van der Waals surface area contributed by atoms with Gasteiger partial charge in [-0.3, -0.25) is 4.98 Å². The highest BCUT2D eigenvalue weighted by molar-refractivity contribution is 7.89. The van der Waals surface area contributed by atoms with Crippen LogP contribution in [0.5, 0.6) is 5.75 Å². The van der Waals surface area contributed by atoms with Gasteiger partial charge in [0.15, 0.2) is 0 Å². The molecule has 0 radical (unpaired) electrons. The average Bonchev–Trinajstić information content (AvgIpc) is 3.02. The van der Waals surface area contributed by atoms with E-state index in [1.807, 2.05) is 25.1 Å². The molecule has 1 aromatic heterocycles. The lowest BCUT2D eigenvalue weighted by Gasteiger charge is -2.35. The molecule has 132 valence electrons. The molecule has 7 heteroatoms. The number of ether oxygens (including phenoxy) is 1. The van der Waals surface area contributed by atoms with E-state index in [0.29, 0.717) is 25.4 Å². The molecule has 2 aromatic rings. The van der Waals surface area contributed by atoms with E-state index in [1.165, 1.54) is 0 Å². The first-order chi connectivity index (χ1) is 12.1. The molecule has 1 N–H and O–H groups in total. The van der Waals surface area contributed by atoms with Gasteiger partial charge < -0.3 is 10.1 Å². The van der Waals surface area contributed by atoms with Crippen molar-refractivity contribution < 1.29 is 13.2 Å². The van der Waals surface area contributed by atoms with Crippen LogP contribution in [-0.4, -0.2) is 43.4 Å². The number of piperazine rings is 1. The van der Waals surface area contributed by atoms with Crippen molar-refractivity contribution in [1.82, 2.24) is 14.6 Å². The molecule has 0 bridgehead atoms. The maximum atomic E-state index is 13.4. The van der Waals surface area contributed by atoms with Crippen molar-refractivity contribution in [2.45, 2.75) is 30.4 Å². The number of aromatic nitrogens is 1. The third-order valence-corrected chi connectivity index (χ3v) is 6.69. The van der Waals surface area contributed by atoms with E-state index in [1.54, 1.807) is 28.8 Å². The van der Waals surface area contributed by atoms with Gasteiger partial charge in [0, 0.05) is 38.4 Å². The number of nitrogens with one attached hydrogen (secondary N) is 1. The van der Waals surface area contributed by atoms with Gasteiger partial charge in [0.1, 0.15) is 16.7 Å². The summed E-state index contributed by atoms with van der Waals surface area (Å²) in [6, 6.07) is 8.88. The van der Waals surface area contributed by atoms with Crippen LogP contribution in [0.3, 0.4) is 0 Å².